The van der Waals surface area contributed by atoms with Gasteiger partial charge in [-0.05, 0) is 55.0 Å². The van der Waals surface area contributed by atoms with E-state index >= 15 is 0 Å². The van der Waals surface area contributed by atoms with Crippen LogP contribution >= 0.6 is 23.4 Å². The molecular weight excluding hydrogens is 524 g/mol. The van der Waals surface area contributed by atoms with Crippen molar-refractivity contribution in [1.82, 2.24) is 0 Å². The van der Waals surface area contributed by atoms with Crippen LogP contribution in [0.4, 0.5) is 20.2 Å². The third kappa shape index (κ3) is 8.89. The Kier molecular flexibility index (Phi) is 10.6. The second-order valence-electron chi connectivity index (χ2n) is 8.37. The number of ether oxygens (including phenoxy) is 2. The van der Waals surface area contributed by atoms with Crippen LogP contribution in [0.3, 0.4) is 0 Å². The van der Waals surface area contributed by atoms with E-state index in [-0.39, 0.29) is 23.8 Å². The normalized spacial score (nSPS) is 16.3. The average Bonchev–Trinajstić information content (AvgIpc) is 3.13. The first-order valence-corrected chi connectivity index (χ1v) is 13.3. The van der Waals surface area contributed by atoms with Crippen LogP contribution in [-0.4, -0.2) is 41.5 Å². The highest BCUT2D eigenvalue weighted by atomic mass is 35.5. The number of alkyl halides is 3. The third-order valence-corrected chi connectivity index (χ3v) is 6.73. The number of hydrogen-bond acceptors (Lipinski definition) is 6. The number of nitrogens with one attached hydrogen (secondary N) is 1. The topological polar surface area (TPSA) is 80.2 Å². The van der Waals surface area contributed by atoms with Gasteiger partial charge in [0.1, 0.15) is 16.7 Å². The van der Waals surface area contributed by atoms with Gasteiger partial charge in [0, 0.05) is 30.3 Å². The summed E-state index contributed by atoms with van der Waals surface area (Å²) < 4.78 is 35.2. The zero-order chi connectivity index (χ0) is 26.8. The summed E-state index contributed by atoms with van der Waals surface area (Å²) in [5.41, 5.74) is -2.82. The molecule has 0 spiro atoms. The fraction of sp³-hybridized carbons (Fsp3) is 0.423. The highest BCUT2D eigenvalue weighted by Crippen LogP contribution is 2.33. The fourth-order valence-electron chi connectivity index (χ4n) is 3.70. The predicted molar refractivity (Wildman–Crippen MR) is 144 cm³/mol. The number of methoxy groups -OCH3 is 1. The number of carbonyl (C=O) groups excluding carboxylic acids is 2. The quantitative estimate of drug-likeness (QED) is 0.104. The molecule has 7 nitrogen and oxygen atoms in total. The van der Waals surface area contributed by atoms with Gasteiger partial charge in [-0.15, -0.1) is 8.78 Å². The van der Waals surface area contributed by atoms with Gasteiger partial charge in [0.2, 0.25) is 11.8 Å². The van der Waals surface area contributed by atoms with Gasteiger partial charge in [-0.2, -0.15) is 0 Å². The van der Waals surface area contributed by atoms with Crippen molar-refractivity contribution in [3.05, 3.63) is 48.5 Å². The Morgan fingerprint density at radius 1 is 1.08 bits per heavy atom. The number of unbranched alkanes of at least 4 members (excludes halogenated alkanes) is 4. The molecule has 1 fully saturated rings. The van der Waals surface area contributed by atoms with E-state index < -0.39 is 16.7 Å². The van der Waals surface area contributed by atoms with E-state index in [1.165, 1.54) is 42.4 Å². The highest BCUT2D eigenvalue weighted by molar-refractivity contribution is 8.15. The van der Waals surface area contributed by atoms with E-state index in [2.05, 4.69) is 22.0 Å². The van der Waals surface area contributed by atoms with Crippen molar-refractivity contribution < 1.29 is 27.8 Å². The minimum atomic E-state index is -3.86. The van der Waals surface area contributed by atoms with Gasteiger partial charge in [0.05, 0.1) is 12.8 Å². The molecule has 0 saturated carbocycles. The number of amides is 2. The van der Waals surface area contributed by atoms with Crippen LogP contribution < -0.4 is 19.7 Å². The first kappa shape index (κ1) is 28.7. The van der Waals surface area contributed by atoms with Crippen LogP contribution in [0.5, 0.6) is 11.5 Å². The van der Waals surface area contributed by atoms with Gasteiger partial charge >= 0.3 is 5.57 Å². The smallest absolute Gasteiger partial charge is 0.487 e. The van der Waals surface area contributed by atoms with E-state index in [0.717, 1.165) is 36.3 Å². The number of aliphatic imine (C=N–C) groups is 1. The summed E-state index contributed by atoms with van der Waals surface area (Å²) in [6.07, 6.45) is 5.48. The molecule has 37 heavy (non-hydrogen) atoms. The lowest BCUT2D eigenvalue weighted by atomic mass is 10.2. The van der Waals surface area contributed by atoms with Crippen molar-refractivity contribution in [3.63, 3.8) is 0 Å². The zero-order valence-corrected chi connectivity index (χ0v) is 22.3. The second kappa shape index (κ2) is 13.6. The number of rotatable bonds is 12. The number of amidine groups is 1. The number of anilines is 2. The standard InChI is InChI=1S/C26H30ClF2N3O4S/c1-3-4-5-6-7-16-30-25(31-18-8-12-20(35-2)13-9-18)37-22-17-23(33)32(24(22)34)19-10-14-21(15-11-19)36-26(27,28)29/h8-15,22H,3-7,16-17H2,1-2H3,(H,30,31)/t22-/m0/s1. The van der Waals surface area contributed by atoms with E-state index in [4.69, 9.17) is 16.3 Å². The number of hydrogen-bond donors (Lipinski definition) is 1. The van der Waals surface area contributed by atoms with Crippen molar-refractivity contribution in [3.8, 4) is 11.5 Å². The Labute approximate surface area is 224 Å². The van der Waals surface area contributed by atoms with Crippen LogP contribution in [-0.2, 0) is 9.59 Å². The van der Waals surface area contributed by atoms with E-state index in [1.807, 2.05) is 24.3 Å². The maximum Gasteiger partial charge on any atom is 0.487 e. The molecule has 0 unspecified atom stereocenters. The fourth-order valence-corrected chi connectivity index (χ4v) is 4.83. The number of carbonyl (C=O) groups is 2. The molecule has 1 saturated heterocycles. The lowest BCUT2D eigenvalue weighted by Gasteiger charge is -2.17. The molecule has 1 atom stereocenters. The summed E-state index contributed by atoms with van der Waals surface area (Å²) in [6, 6.07) is 12.5. The Hall–Kier alpha value is -2.85. The van der Waals surface area contributed by atoms with Gasteiger partial charge in [-0.1, -0.05) is 44.4 Å². The van der Waals surface area contributed by atoms with Crippen LogP contribution in [0.1, 0.15) is 45.4 Å². The summed E-state index contributed by atoms with van der Waals surface area (Å²) >= 11 is 5.99. The molecule has 200 valence electrons. The number of halogens is 3. The Balaban J connectivity index is 1.70. The van der Waals surface area contributed by atoms with Gasteiger partial charge in [0.25, 0.3) is 0 Å². The average molecular weight is 554 g/mol. The molecule has 0 radical (unpaired) electrons. The van der Waals surface area contributed by atoms with E-state index in [0.29, 0.717) is 17.5 Å². The first-order chi connectivity index (χ1) is 17.7. The largest absolute Gasteiger partial charge is 0.497 e. The molecule has 0 aliphatic carbocycles. The first-order valence-electron chi connectivity index (χ1n) is 12.0. The number of thioether (sulfide) groups is 1. The third-order valence-electron chi connectivity index (χ3n) is 5.55. The Morgan fingerprint density at radius 2 is 1.73 bits per heavy atom. The van der Waals surface area contributed by atoms with Crippen LogP contribution in [0, 0.1) is 0 Å². The molecule has 11 heteroatoms. The maximum atomic E-state index is 13.2. The molecule has 1 aliphatic heterocycles. The van der Waals surface area contributed by atoms with E-state index in [9.17, 15) is 18.4 Å². The number of benzene rings is 2. The highest BCUT2D eigenvalue weighted by Gasteiger charge is 2.41. The summed E-state index contributed by atoms with van der Waals surface area (Å²) in [5.74, 6) is -0.266. The molecule has 2 aromatic carbocycles. The molecule has 1 N–H and O–H groups in total. The molecule has 0 bridgehead atoms. The summed E-state index contributed by atoms with van der Waals surface area (Å²) in [4.78, 5) is 31.6. The molecular formula is C26H30ClF2N3O4S. The van der Waals surface area contributed by atoms with Gasteiger partial charge in [-0.25, -0.2) is 4.90 Å². The van der Waals surface area contributed by atoms with E-state index in [1.54, 1.807) is 7.11 Å². The molecule has 2 amide bonds. The van der Waals surface area contributed by atoms with Crippen molar-refractivity contribution in [2.45, 2.75) is 56.3 Å². The number of nitrogens with zero attached hydrogens (tertiary/aromatic N) is 2. The SMILES string of the molecule is CCCCCCCN=C(Nc1ccc(OC)cc1)S[C@H]1CC(=O)N(c2ccc(OC(F)(F)Cl)cc2)C1=O. The monoisotopic (exact) mass is 553 g/mol. The Bertz CT molecular complexity index is 1080. The molecule has 1 aliphatic rings. The van der Waals surface area contributed by atoms with Crippen molar-refractivity contribution in [2.75, 3.05) is 23.9 Å². The summed E-state index contributed by atoms with van der Waals surface area (Å²) in [5, 5.41) is 3.12. The lowest BCUT2D eigenvalue weighted by Crippen LogP contribution is -2.31. The van der Waals surface area contributed by atoms with Crippen molar-refractivity contribution in [1.29, 1.82) is 0 Å². The van der Waals surface area contributed by atoms with Gasteiger partial charge in [-0.3, -0.25) is 14.6 Å². The Morgan fingerprint density at radius 3 is 2.35 bits per heavy atom. The number of imide groups is 1. The summed E-state index contributed by atoms with van der Waals surface area (Å²) in [7, 11) is 1.59. The van der Waals surface area contributed by atoms with Crippen molar-refractivity contribution in [2.24, 2.45) is 4.99 Å². The van der Waals surface area contributed by atoms with Crippen LogP contribution in [0.2, 0.25) is 0 Å². The molecule has 2 aromatic rings. The molecule has 3 rings (SSSR count). The lowest BCUT2D eigenvalue weighted by molar-refractivity contribution is -0.121. The molecule has 0 aromatic heterocycles. The zero-order valence-electron chi connectivity index (χ0n) is 20.7. The van der Waals surface area contributed by atoms with Crippen LogP contribution in [0.15, 0.2) is 53.5 Å². The predicted octanol–water partition coefficient (Wildman–Crippen LogP) is 6.67. The van der Waals surface area contributed by atoms with Gasteiger partial charge < -0.3 is 14.8 Å². The maximum absolute atomic E-state index is 13.2. The minimum Gasteiger partial charge on any atom is -0.497 e. The van der Waals surface area contributed by atoms with Crippen molar-refractivity contribution >= 4 is 51.7 Å². The van der Waals surface area contributed by atoms with Gasteiger partial charge in [0.15, 0.2) is 5.17 Å². The summed E-state index contributed by atoms with van der Waals surface area (Å²) in [6.45, 7) is 2.76. The molecule has 1 heterocycles. The minimum absolute atomic E-state index is 0.0126. The van der Waals surface area contributed by atoms with Crippen LogP contribution in [0.25, 0.3) is 0 Å². The second-order valence-corrected chi connectivity index (χ2v) is 10.0.